The van der Waals surface area contributed by atoms with Crippen LogP contribution in [0.1, 0.15) is 51.1 Å². The van der Waals surface area contributed by atoms with Crippen LogP contribution in [0, 0.1) is 11.8 Å². The van der Waals surface area contributed by atoms with Crippen molar-refractivity contribution in [2.75, 3.05) is 26.3 Å². The highest BCUT2D eigenvalue weighted by Gasteiger charge is 2.37. The Morgan fingerprint density at radius 3 is 2.80 bits per heavy atom. The quantitative estimate of drug-likeness (QED) is 0.883. The molecule has 2 atom stereocenters. The number of carbonyl (C=O) groups excluding carboxylic acids is 1. The van der Waals surface area contributed by atoms with Gasteiger partial charge in [0, 0.05) is 37.5 Å². The fourth-order valence-corrected chi connectivity index (χ4v) is 4.33. The molecule has 1 aromatic rings. The lowest BCUT2D eigenvalue weighted by atomic mass is 9.85. The smallest absolute Gasteiger partial charge is 0.228 e. The predicted molar refractivity (Wildman–Crippen MR) is 95.2 cm³/mol. The van der Waals surface area contributed by atoms with Crippen molar-refractivity contribution in [3.63, 3.8) is 0 Å². The van der Waals surface area contributed by atoms with Crippen molar-refractivity contribution in [2.45, 2.75) is 58.1 Å². The minimum absolute atomic E-state index is 0.0187. The molecule has 3 rings (SSSR count). The number of aromatic nitrogens is 2. The summed E-state index contributed by atoms with van der Waals surface area (Å²) < 4.78 is 7.80. The van der Waals surface area contributed by atoms with Gasteiger partial charge in [-0.3, -0.25) is 9.48 Å². The summed E-state index contributed by atoms with van der Waals surface area (Å²) in [5.74, 6) is 1.09. The number of aliphatic hydroxyl groups is 1. The zero-order valence-electron chi connectivity index (χ0n) is 15.4. The second-order valence-corrected chi connectivity index (χ2v) is 7.63. The van der Waals surface area contributed by atoms with Gasteiger partial charge in [0.2, 0.25) is 5.91 Å². The van der Waals surface area contributed by atoms with Crippen LogP contribution in [0.5, 0.6) is 0 Å². The lowest BCUT2D eigenvalue weighted by molar-refractivity contribution is -0.148. The van der Waals surface area contributed by atoms with Gasteiger partial charge in [-0.25, -0.2) is 0 Å². The summed E-state index contributed by atoms with van der Waals surface area (Å²) >= 11 is 0. The first-order chi connectivity index (χ1) is 12.1. The van der Waals surface area contributed by atoms with E-state index in [0.29, 0.717) is 18.4 Å². The van der Waals surface area contributed by atoms with E-state index in [1.54, 1.807) is 6.20 Å². The molecule has 0 aromatic carbocycles. The van der Waals surface area contributed by atoms with Gasteiger partial charge in [-0.15, -0.1) is 0 Å². The molecule has 140 valence electrons. The monoisotopic (exact) mass is 349 g/mol. The molecule has 0 unspecified atom stereocenters. The number of hydrogen-bond acceptors (Lipinski definition) is 4. The second-order valence-electron chi connectivity index (χ2n) is 7.63. The fourth-order valence-electron chi connectivity index (χ4n) is 4.33. The maximum absolute atomic E-state index is 13.0. The van der Waals surface area contributed by atoms with Crippen LogP contribution in [0.3, 0.4) is 0 Å². The number of rotatable bonds is 5. The molecule has 1 N–H and O–H groups in total. The Hall–Kier alpha value is -1.40. The molecule has 25 heavy (non-hydrogen) atoms. The summed E-state index contributed by atoms with van der Waals surface area (Å²) in [5.41, 5.74) is 1.18. The number of nitrogens with zero attached hydrogens (tertiary/aromatic N) is 3. The summed E-state index contributed by atoms with van der Waals surface area (Å²) in [4.78, 5) is 15.1. The summed E-state index contributed by atoms with van der Waals surface area (Å²) in [5, 5.41) is 13.5. The van der Waals surface area contributed by atoms with Gasteiger partial charge >= 0.3 is 0 Å². The van der Waals surface area contributed by atoms with Gasteiger partial charge in [-0.2, -0.15) is 5.10 Å². The van der Waals surface area contributed by atoms with E-state index >= 15 is 0 Å². The van der Waals surface area contributed by atoms with Gasteiger partial charge < -0.3 is 14.7 Å². The van der Waals surface area contributed by atoms with Crippen molar-refractivity contribution < 1.29 is 14.6 Å². The average molecular weight is 349 g/mol. The van der Waals surface area contributed by atoms with Crippen molar-refractivity contribution in [3.05, 3.63) is 18.0 Å². The molecule has 6 nitrogen and oxygen atoms in total. The van der Waals surface area contributed by atoms with Crippen LogP contribution in [0.2, 0.25) is 0 Å². The number of likely N-dealkylation sites (tertiary alicyclic amines) is 1. The summed E-state index contributed by atoms with van der Waals surface area (Å²) in [6.45, 7) is 7.31. The molecule has 2 saturated heterocycles. The third-order valence-corrected chi connectivity index (χ3v) is 5.63. The largest absolute Gasteiger partial charge is 0.394 e. The third-order valence-electron chi connectivity index (χ3n) is 5.63. The van der Waals surface area contributed by atoms with E-state index in [0.717, 1.165) is 45.4 Å². The first-order valence-corrected chi connectivity index (χ1v) is 9.64. The number of ether oxygens (including phenoxy) is 1. The van der Waals surface area contributed by atoms with E-state index in [1.807, 2.05) is 15.6 Å². The summed E-state index contributed by atoms with van der Waals surface area (Å²) in [6, 6.07) is 2.04. The van der Waals surface area contributed by atoms with Crippen LogP contribution in [-0.4, -0.2) is 58.1 Å². The van der Waals surface area contributed by atoms with Crippen LogP contribution >= 0.6 is 0 Å². The van der Waals surface area contributed by atoms with Gasteiger partial charge in [0.1, 0.15) is 0 Å². The van der Waals surface area contributed by atoms with Crippen molar-refractivity contribution in [3.8, 4) is 0 Å². The normalized spacial score (nSPS) is 25.5. The number of aliphatic hydroxyl groups excluding tert-OH is 1. The minimum Gasteiger partial charge on any atom is -0.394 e. The number of carbonyl (C=O) groups is 1. The van der Waals surface area contributed by atoms with Gasteiger partial charge in [0.05, 0.1) is 25.2 Å². The first-order valence-electron chi connectivity index (χ1n) is 9.64. The van der Waals surface area contributed by atoms with Crippen LogP contribution in [-0.2, 0) is 16.1 Å². The lowest BCUT2D eigenvalue weighted by Gasteiger charge is -2.39. The van der Waals surface area contributed by atoms with E-state index < -0.39 is 0 Å². The molecule has 0 aliphatic carbocycles. The van der Waals surface area contributed by atoms with Crippen molar-refractivity contribution in [2.24, 2.45) is 11.8 Å². The Morgan fingerprint density at radius 1 is 1.36 bits per heavy atom. The van der Waals surface area contributed by atoms with Gasteiger partial charge in [0.15, 0.2) is 0 Å². The molecule has 1 aromatic heterocycles. The molecule has 2 fully saturated rings. The minimum atomic E-state index is 0.0187. The number of amides is 1. The zero-order chi connectivity index (χ0) is 17.8. The number of piperidine rings is 1. The molecule has 6 heteroatoms. The molecule has 0 saturated carbocycles. The standard InChI is InChI=1S/C19H31N3O3/c1-14(2)18-16(4-3-13-25-18)19(24)21-9-6-15(7-10-21)17-5-8-20-22(17)11-12-23/h5,8,14-16,18,23H,3-4,6-7,9-13H2,1-2H3/t16-,18-/m0/s1. The van der Waals surface area contributed by atoms with E-state index in [4.69, 9.17) is 9.84 Å². The van der Waals surface area contributed by atoms with Crippen LogP contribution in [0.4, 0.5) is 0 Å². The molecule has 2 aliphatic heterocycles. The first kappa shape index (κ1) is 18.4. The maximum Gasteiger partial charge on any atom is 0.228 e. The highest BCUT2D eigenvalue weighted by molar-refractivity contribution is 5.79. The molecular weight excluding hydrogens is 318 g/mol. The maximum atomic E-state index is 13.0. The van der Waals surface area contributed by atoms with E-state index in [1.165, 1.54) is 5.69 Å². The predicted octanol–water partition coefficient (Wildman–Crippen LogP) is 2.03. The summed E-state index contributed by atoms with van der Waals surface area (Å²) in [7, 11) is 0. The SMILES string of the molecule is CC(C)[C@@H]1OCCC[C@@H]1C(=O)N1CCC(c2ccnn2CCO)CC1. The van der Waals surface area contributed by atoms with E-state index in [9.17, 15) is 4.79 Å². The third kappa shape index (κ3) is 4.06. The number of hydrogen-bond donors (Lipinski definition) is 1. The Kier molecular flexibility index (Phi) is 6.12. The fraction of sp³-hybridized carbons (Fsp3) is 0.789. The Labute approximate surface area is 150 Å². The molecule has 0 bridgehead atoms. The van der Waals surface area contributed by atoms with E-state index in [-0.39, 0.29) is 24.5 Å². The highest BCUT2D eigenvalue weighted by atomic mass is 16.5. The van der Waals surface area contributed by atoms with Gasteiger partial charge in [0.25, 0.3) is 0 Å². The van der Waals surface area contributed by atoms with Crippen LogP contribution < -0.4 is 0 Å². The van der Waals surface area contributed by atoms with Crippen molar-refractivity contribution in [1.82, 2.24) is 14.7 Å². The molecule has 1 amide bonds. The summed E-state index contributed by atoms with van der Waals surface area (Å²) in [6.07, 6.45) is 5.71. The average Bonchev–Trinajstić information content (AvgIpc) is 3.10. The van der Waals surface area contributed by atoms with Crippen LogP contribution in [0.15, 0.2) is 12.3 Å². The van der Waals surface area contributed by atoms with Crippen LogP contribution in [0.25, 0.3) is 0 Å². The molecule has 0 radical (unpaired) electrons. The topological polar surface area (TPSA) is 67.6 Å². The Balaban J connectivity index is 1.59. The molecular formula is C19H31N3O3. The Bertz CT molecular complexity index is 564. The molecule has 2 aliphatic rings. The van der Waals surface area contributed by atoms with Crippen molar-refractivity contribution >= 4 is 5.91 Å². The van der Waals surface area contributed by atoms with E-state index in [2.05, 4.69) is 18.9 Å². The van der Waals surface area contributed by atoms with Gasteiger partial charge in [-0.1, -0.05) is 13.8 Å². The molecule has 0 spiro atoms. The van der Waals surface area contributed by atoms with Crippen molar-refractivity contribution in [1.29, 1.82) is 0 Å². The molecule has 3 heterocycles. The lowest BCUT2D eigenvalue weighted by Crippen LogP contribution is -2.48. The van der Waals surface area contributed by atoms with Gasteiger partial charge in [-0.05, 0) is 37.7 Å². The zero-order valence-corrected chi connectivity index (χ0v) is 15.4. The Morgan fingerprint density at radius 2 is 2.12 bits per heavy atom. The highest BCUT2D eigenvalue weighted by Crippen LogP contribution is 2.32. The second kappa shape index (κ2) is 8.32.